The Morgan fingerprint density at radius 2 is 1.68 bits per heavy atom. The summed E-state index contributed by atoms with van der Waals surface area (Å²) in [6.07, 6.45) is 2.54. The molecule has 6 heteroatoms. The fraction of sp³-hybridized carbons (Fsp3) is 0.562. The van der Waals surface area contributed by atoms with E-state index >= 15 is 0 Å². The summed E-state index contributed by atoms with van der Waals surface area (Å²) in [4.78, 5) is 5.63. The fourth-order valence-electron chi connectivity index (χ4n) is 2.39. The number of benzene rings is 1. The highest BCUT2D eigenvalue weighted by Gasteiger charge is 2.32. The van der Waals surface area contributed by atoms with E-state index in [1.165, 1.54) is 0 Å². The van der Waals surface area contributed by atoms with Gasteiger partial charge in [0.15, 0.2) is 6.10 Å². The van der Waals surface area contributed by atoms with Crippen molar-refractivity contribution in [1.82, 2.24) is 0 Å². The van der Waals surface area contributed by atoms with Gasteiger partial charge in [0, 0.05) is 0 Å². The number of nitrogens with zero attached hydrogens (tertiary/aromatic N) is 1. The van der Waals surface area contributed by atoms with E-state index in [4.69, 9.17) is 9.02 Å². The highest BCUT2D eigenvalue weighted by atomic mass is 32.2. The van der Waals surface area contributed by atoms with Crippen molar-refractivity contribution in [3.63, 3.8) is 0 Å². The van der Waals surface area contributed by atoms with Crippen molar-refractivity contribution < 1.29 is 17.4 Å². The van der Waals surface area contributed by atoms with Gasteiger partial charge < -0.3 is 4.84 Å². The summed E-state index contributed by atoms with van der Waals surface area (Å²) < 4.78 is 30.2. The summed E-state index contributed by atoms with van der Waals surface area (Å²) in [5.41, 5.74) is 1.80. The van der Waals surface area contributed by atoms with Crippen molar-refractivity contribution in [3.05, 3.63) is 29.8 Å². The molecule has 5 nitrogen and oxygen atoms in total. The molecule has 2 atom stereocenters. The lowest BCUT2D eigenvalue weighted by Gasteiger charge is -2.28. The Morgan fingerprint density at radius 1 is 1.09 bits per heavy atom. The van der Waals surface area contributed by atoms with Gasteiger partial charge in [0.1, 0.15) is 6.10 Å². The van der Waals surface area contributed by atoms with E-state index in [0.717, 1.165) is 30.5 Å². The van der Waals surface area contributed by atoms with Gasteiger partial charge in [-0.25, -0.2) is 0 Å². The third-order valence-corrected chi connectivity index (χ3v) is 4.92. The van der Waals surface area contributed by atoms with Crippen LogP contribution in [0.5, 0.6) is 0 Å². The maximum absolute atomic E-state index is 12.4. The van der Waals surface area contributed by atoms with Gasteiger partial charge in [-0.1, -0.05) is 29.3 Å². The Hall–Kier alpha value is -1.40. The zero-order valence-corrected chi connectivity index (χ0v) is 14.1. The molecule has 0 heterocycles. The molecule has 1 aromatic carbocycles. The van der Waals surface area contributed by atoms with Crippen LogP contribution in [0.4, 0.5) is 0 Å². The lowest BCUT2D eigenvalue weighted by Crippen LogP contribution is -2.35. The molecule has 22 heavy (non-hydrogen) atoms. The van der Waals surface area contributed by atoms with Gasteiger partial charge in [-0.15, -0.1) is 0 Å². The third-order valence-electron chi connectivity index (χ3n) is 3.57. The van der Waals surface area contributed by atoms with Gasteiger partial charge >= 0.3 is 0 Å². The van der Waals surface area contributed by atoms with E-state index in [9.17, 15) is 8.42 Å². The van der Waals surface area contributed by atoms with Crippen LogP contribution in [0.1, 0.15) is 45.1 Å². The highest BCUT2D eigenvalue weighted by molar-refractivity contribution is 7.86. The van der Waals surface area contributed by atoms with Crippen LogP contribution in [-0.2, 0) is 19.1 Å². The molecule has 2 rings (SSSR count). The molecule has 1 aliphatic rings. The van der Waals surface area contributed by atoms with Crippen molar-refractivity contribution in [2.45, 2.75) is 63.6 Å². The van der Waals surface area contributed by atoms with Crippen LogP contribution >= 0.6 is 0 Å². The topological polar surface area (TPSA) is 65.0 Å². The standard InChI is InChI=1S/C16H23NO4S/c1-12(2)17-20-15-6-4-5-7-16(15)21-22(18,19)14-10-8-13(3)9-11-14/h8-11,15-16H,4-7H2,1-3H3. The number of hydrogen-bond acceptors (Lipinski definition) is 5. The van der Waals surface area contributed by atoms with Crippen molar-refractivity contribution >= 4 is 15.8 Å². The first-order valence-electron chi connectivity index (χ1n) is 7.55. The fourth-order valence-corrected chi connectivity index (χ4v) is 3.52. The molecular formula is C16H23NO4S. The summed E-state index contributed by atoms with van der Waals surface area (Å²) in [6, 6.07) is 6.65. The van der Waals surface area contributed by atoms with Crippen LogP contribution in [0.25, 0.3) is 0 Å². The molecule has 2 unspecified atom stereocenters. The minimum absolute atomic E-state index is 0.178. The van der Waals surface area contributed by atoms with Gasteiger partial charge in [0.25, 0.3) is 10.1 Å². The average molecular weight is 325 g/mol. The monoisotopic (exact) mass is 325 g/mol. The largest absolute Gasteiger partial charge is 0.390 e. The smallest absolute Gasteiger partial charge is 0.297 e. The van der Waals surface area contributed by atoms with Gasteiger partial charge in [-0.05, 0) is 52.2 Å². The zero-order valence-electron chi connectivity index (χ0n) is 13.3. The molecular weight excluding hydrogens is 302 g/mol. The van der Waals surface area contributed by atoms with Crippen molar-refractivity contribution in [2.75, 3.05) is 0 Å². The number of oxime groups is 1. The SMILES string of the molecule is CC(C)=NOC1CCCCC1OS(=O)(=O)c1ccc(C)cc1. The van der Waals surface area contributed by atoms with Gasteiger partial charge in [0.2, 0.25) is 0 Å². The quantitative estimate of drug-likeness (QED) is 0.473. The molecule has 1 saturated carbocycles. The van der Waals surface area contributed by atoms with Gasteiger partial charge in [-0.2, -0.15) is 8.42 Å². The number of rotatable bonds is 5. The Kier molecular flexibility index (Phi) is 5.58. The van der Waals surface area contributed by atoms with E-state index in [1.807, 2.05) is 20.8 Å². The van der Waals surface area contributed by atoms with E-state index in [2.05, 4.69) is 5.16 Å². The molecule has 0 spiro atoms. The molecule has 1 aromatic rings. The Morgan fingerprint density at radius 3 is 2.27 bits per heavy atom. The molecule has 0 saturated heterocycles. The third kappa shape index (κ3) is 4.55. The molecule has 1 aliphatic carbocycles. The molecule has 122 valence electrons. The second-order valence-electron chi connectivity index (χ2n) is 5.87. The average Bonchev–Trinajstić information content (AvgIpc) is 2.46. The van der Waals surface area contributed by atoms with E-state index in [-0.39, 0.29) is 11.0 Å². The Labute approximate surface area is 132 Å². The second kappa shape index (κ2) is 7.24. The van der Waals surface area contributed by atoms with Gasteiger partial charge in [0.05, 0.1) is 10.6 Å². The molecule has 1 fully saturated rings. The van der Waals surface area contributed by atoms with Gasteiger partial charge in [-0.3, -0.25) is 4.18 Å². The summed E-state index contributed by atoms with van der Waals surface area (Å²) in [6.45, 7) is 5.58. The summed E-state index contributed by atoms with van der Waals surface area (Å²) >= 11 is 0. The molecule has 0 aliphatic heterocycles. The molecule has 0 aromatic heterocycles. The maximum atomic E-state index is 12.4. The molecule has 0 N–H and O–H groups in total. The zero-order chi connectivity index (χ0) is 16.2. The van der Waals surface area contributed by atoms with E-state index < -0.39 is 16.2 Å². The first-order chi connectivity index (χ1) is 10.4. The first kappa shape index (κ1) is 17.0. The first-order valence-corrected chi connectivity index (χ1v) is 8.96. The van der Waals surface area contributed by atoms with Crippen molar-refractivity contribution in [1.29, 1.82) is 0 Å². The predicted octanol–water partition coefficient (Wildman–Crippen LogP) is 3.42. The number of aryl methyl sites for hydroxylation is 1. The summed E-state index contributed by atoms with van der Waals surface area (Å²) in [7, 11) is -3.78. The number of hydrogen-bond donors (Lipinski definition) is 0. The maximum Gasteiger partial charge on any atom is 0.297 e. The van der Waals surface area contributed by atoms with Crippen molar-refractivity contribution in [3.8, 4) is 0 Å². The highest BCUT2D eigenvalue weighted by Crippen LogP contribution is 2.27. The van der Waals surface area contributed by atoms with Crippen LogP contribution in [0.2, 0.25) is 0 Å². The van der Waals surface area contributed by atoms with Crippen molar-refractivity contribution in [2.24, 2.45) is 5.16 Å². The van der Waals surface area contributed by atoms with Crippen LogP contribution in [-0.4, -0.2) is 26.3 Å². The molecule has 0 amide bonds. The normalized spacial score (nSPS) is 22.1. The van der Waals surface area contributed by atoms with Crippen LogP contribution < -0.4 is 0 Å². The minimum Gasteiger partial charge on any atom is -0.390 e. The Balaban J connectivity index is 2.11. The second-order valence-corrected chi connectivity index (χ2v) is 7.44. The van der Waals surface area contributed by atoms with E-state index in [1.54, 1.807) is 24.3 Å². The molecule has 0 bridgehead atoms. The minimum atomic E-state index is -3.78. The van der Waals surface area contributed by atoms with Crippen LogP contribution in [0.15, 0.2) is 34.3 Å². The molecule has 0 radical (unpaired) electrons. The predicted molar refractivity (Wildman–Crippen MR) is 85.4 cm³/mol. The Bertz CT molecular complexity index is 618. The van der Waals surface area contributed by atoms with Crippen LogP contribution in [0.3, 0.4) is 0 Å². The lowest BCUT2D eigenvalue weighted by molar-refractivity contribution is -0.0434. The van der Waals surface area contributed by atoms with Crippen LogP contribution in [0, 0.1) is 6.92 Å². The lowest BCUT2D eigenvalue weighted by atomic mass is 9.95. The summed E-state index contributed by atoms with van der Waals surface area (Å²) in [5, 5.41) is 3.95. The van der Waals surface area contributed by atoms with E-state index in [0.29, 0.717) is 6.42 Å². The summed E-state index contributed by atoms with van der Waals surface area (Å²) in [5.74, 6) is 0.